The van der Waals surface area contributed by atoms with Gasteiger partial charge in [-0.25, -0.2) is 51.8 Å². The van der Waals surface area contributed by atoms with Crippen molar-refractivity contribution >= 4 is 108 Å². The summed E-state index contributed by atoms with van der Waals surface area (Å²) >= 11 is 0. The predicted molar refractivity (Wildman–Crippen MR) is 542 cm³/mol. The van der Waals surface area contributed by atoms with Crippen LogP contribution in [0.15, 0.2) is 79.6 Å². The third kappa shape index (κ3) is 24.7. The summed E-state index contributed by atoms with van der Waals surface area (Å²) in [4.78, 5) is 4.29. The Labute approximate surface area is 852 Å². The first kappa shape index (κ1) is 104. The van der Waals surface area contributed by atoms with Gasteiger partial charge >= 0.3 is 11.9 Å². The fourth-order valence-corrected chi connectivity index (χ4v) is 27.0. The van der Waals surface area contributed by atoms with Crippen LogP contribution in [0.5, 0.6) is 34.6 Å². The first-order valence-electron chi connectivity index (χ1n) is 52.0. The fourth-order valence-electron chi connectivity index (χ4n) is 23.8. The van der Waals surface area contributed by atoms with E-state index in [1.165, 1.54) is 137 Å². The van der Waals surface area contributed by atoms with Gasteiger partial charge in [-0.15, -0.1) is 51.0 Å². The molecule has 0 aliphatic heterocycles. The van der Waals surface area contributed by atoms with E-state index in [0.29, 0.717) is 107 Å². The number of sulfonamides is 5. The Bertz CT molecular complexity index is 7200. The molecule has 47 heteroatoms. The second-order valence-corrected chi connectivity index (χ2v) is 53.3. The Morgan fingerprint density at radius 2 is 0.789 bits per heavy atom. The smallest absolute Gasteiger partial charge is 0.397 e. The molecule has 0 radical (unpaired) electrons. The minimum Gasteiger partial charge on any atom is -0.493 e. The summed E-state index contributed by atoms with van der Waals surface area (Å²) in [6.07, 6.45) is 50.6. The maximum Gasteiger partial charge on any atom is 0.397 e. The van der Waals surface area contributed by atoms with Crippen LogP contribution in [-0.4, -0.2) is 196 Å². The molecule has 14 saturated carbocycles. The molecule has 14 aliphatic rings. The number of rotatable bonds is 32. The predicted octanol–water partition coefficient (Wildman–Crippen LogP) is 19.0. The minimum atomic E-state index is -4.81. The zero-order valence-corrected chi connectivity index (χ0v) is 87.8. The van der Waals surface area contributed by atoms with Crippen molar-refractivity contribution in [2.45, 2.75) is 298 Å². The SMILES string of the molecule is CC1CCC(COc2cc3nnc(NS(C)(=O)=O)n3cc2C2CC2)CC1.COc1ncccc1-c1cn2c(NS(C)(=O)=O)nnc2cc1OCC1CCC(C)CC1.CS(=O)(=O)Nc1nnc2cc(OCC3(C(F)(F)F)CCCC3)c(C3CC3)cn12.O=S(=O)(Nc1nnc2cc(OC3CCC4(CCCCC4)CC3)c(C3CC3)cn12)C1CC1.O=S(=O)(Nc1nnc2cc(OCC34CC5CC(CC(C5)C3)C4)c(C3CC3)cn12)C(F)F. The fraction of sp³-hybridized carbons (Fsp3) is 0.650. The van der Waals surface area contributed by atoms with Crippen molar-refractivity contribution in [2.75, 3.05) is 75.9 Å². The van der Waals surface area contributed by atoms with Crippen molar-refractivity contribution in [2.24, 2.45) is 57.7 Å². The summed E-state index contributed by atoms with van der Waals surface area (Å²) < 4.78 is 240. The van der Waals surface area contributed by atoms with Crippen LogP contribution in [0.2, 0.25) is 0 Å². The van der Waals surface area contributed by atoms with E-state index in [9.17, 15) is 64.0 Å². The van der Waals surface area contributed by atoms with E-state index < -0.39 is 74.1 Å². The molecule has 0 amide bonds. The van der Waals surface area contributed by atoms with Gasteiger partial charge < -0.3 is 28.4 Å². The molecule has 5 N–H and O–H groups in total. The summed E-state index contributed by atoms with van der Waals surface area (Å²) in [6.45, 7) is 6.25. The topological polar surface area (TPSA) is 450 Å². The van der Waals surface area contributed by atoms with Crippen LogP contribution < -0.4 is 52.0 Å². The molecule has 14 fully saturated rings. The highest BCUT2D eigenvalue weighted by Gasteiger charge is 2.57. The van der Waals surface area contributed by atoms with Crippen LogP contribution in [0.25, 0.3) is 39.4 Å². The molecular formula is C100H132F5N21O16S5. The van der Waals surface area contributed by atoms with E-state index in [2.05, 4.69) is 88.7 Å². The molecule has 11 aromatic rings. The average molecular weight is 2140 g/mol. The van der Waals surface area contributed by atoms with Crippen LogP contribution in [0.4, 0.5) is 51.7 Å². The number of pyridine rings is 6. The van der Waals surface area contributed by atoms with Gasteiger partial charge in [-0.3, -0.25) is 40.9 Å². The first-order chi connectivity index (χ1) is 70.1. The number of alkyl halides is 5. The zero-order chi connectivity index (χ0) is 103. The molecule has 37 nitrogen and oxygen atoms in total. The zero-order valence-electron chi connectivity index (χ0n) is 83.7. The number of fused-ring (bicyclic) bond motifs is 5. The van der Waals surface area contributed by atoms with E-state index in [-0.39, 0.29) is 65.3 Å². The Morgan fingerprint density at radius 1 is 0.415 bits per heavy atom. The molecule has 4 bridgehead atoms. The van der Waals surface area contributed by atoms with Gasteiger partial charge in [0.25, 0.3) is 10.0 Å². The molecule has 1 spiro atoms. The van der Waals surface area contributed by atoms with Gasteiger partial charge in [-0.1, -0.05) is 71.6 Å². The quantitative estimate of drug-likeness (QED) is 0.0244. The highest BCUT2D eigenvalue weighted by atomic mass is 32.2. The monoisotopic (exact) mass is 2140 g/mol. The largest absolute Gasteiger partial charge is 0.493 e. The van der Waals surface area contributed by atoms with E-state index in [1.807, 2.05) is 41.4 Å². The number of halogens is 5. The second kappa shape index (κ2) is 41.7. The van der Waals surface area contributed by atoms with Crippen LogP contribution >= 0.6 is 0 Å². The number of methoxy groups -OCH3 is 1. The lowest BCUT2D eigenvalue weighted by Crippen LogP contribution is -2.48. The van der Waals surface area contributed by atoms with Crippen LogP contribution in [0.1, 0.15) is 297 Å². The van der Waals surface area contributed by atoms with Crippen LogP contribution in [0, 0.1) is 57.7 Å². The van der Waals surface area contributed by atoms with Gasteiger partial charge in [-0.2, -0.15) is 22.0 Å². The van der Waals surface area contributed by atoms with Crippen molar-refractivity contribution in [3.8, 4) is 45.8 Å². The average Bonchev–Trinajstić information content (AvgIpc) is 1.67. The highest BCUT2D eigenvalue weighted by molar-refractivity contribution is 7.94. The summed E-state index contributed by atoms with van der Waals surface area (Å²) in [5.74, 6) is 7.65. The standard InChI is InChI=1S/C23H32N4O3S.C21H26F2N4O3S.C21H27N5O4S.C18H26N4O3S.C17H21F3N4O3S/c28-31(29,18-6-7-18)26-22-25-24-21-14-20(19(15-27(21)22)16-4-5-16)30-17-8-12-23(13-9-17)10-2-1-3-11-23;22-19(23)31(28,29)26-20-25-24-18-6-17(16(10-27(18)20)15-1-2-15)30-11-21-7-12-3-13(8-21)5-14(4-12)9-21;1-14-6-8-15(9-7-14)13-30-18-11-19-23-24-21(25-31(3,27)28)26(19)12-17(18)16-5-4-10-22-20(16)29-2;1-12-3-5-13(6-4-12)11-25-16-9-17-19-20-18(21-26(2,23)24)22(17)10-15(16)14-7-8-14;1-28(25,26)23-15-22-21-14-8-13(12(9-24(14)15)11-4-5-11)27-10-16(17(18,19)20)6-2-3-7-16/h14-18H,1-13H2,(H,25,26);6,10,12-15,19H,1-5,7-9,11H2,(H,25,26);4-5,10-12,14-15H,6-9,13H2,1-3H3,(H,24,25);9-10,12-14H,3-8,11H2,1-2H3,(H,20,21);8-9,11H,2-7,10H2,1H3,(H,22,23). The van der Waals surface area contributed by atoms with Crippen molar-refractivity contribution in [3.63, 3.8) is 0 Å². The second-order valence-electron chi connectivity index (χ2n) is 44.4. The number of aromatic nitrogens is 16. The number of nitrogens with one attached hydrogen (secondary N) is 5. The van der Waals surface area contributed by atoms with Gasteiger partial charge in [0.2, 0.25) is 75.7 Å². The number of ether oxygens (including phenoxy) is 6. The van der Waals surface area contributed by atoms with Gasteiger partial charge in [0, 0.05) is 106 Å². The first-order valence-corrected chi connectivity index (χ1v) is 60.8. The third-order valence-corrected chi connectivity index (χ3v) is 36.7. The van der Waals surface area contributed by atoms with Gasteiger partial charge in [0.05, 0.1) is 62.5 Å². The lowest BCUT2D eigenvalue weighted by Gasteiger charge is -2.56. The van der Waals surface area contributed by atoms with Crippen molar-refractivity contribution < 1.29 is 92.5 Å². The molecule has 147 heavy (non-hydrogen) atoms. The van der Waals surface area contributed by atoms with E-state index in [0.717, 1.165) is 195 Å². The van der Waals surface area contributed by atoms with Crippen molar-refractivity contribution in [3.05, 3.63) is 102 Å². The van der Waals surface area contributed by atoms with Crippen molar-refractivity contribution in [1.29, 1.82) is 0 Å². The van der Waals surface area contributed by atoms with Crippen molar-refractivity contribution in [1.82, 2.24) is 78.0 Å². The van der Waals surface area contributed by atoms with Gasteiger partial charge in [-0.05, 0) is 262 Å². The summed E-state index contributed by atoms with van der Waals surface area (Å²) in [5.41, 5.74) is 6.88. The van der Waals surface area contributed by atoms with E-state index in [1.54, 1.807) is 57.2 Å². The number of hydrogen-bond acceptors (Lipinski definition) is 27. The molecule has 0 unspecified atom stereocenters. The lowest BCUT2D eigenvalue weighted by molar-refractivity contribution is -0.230. The Morgan fingerprint density at radius 3 is 1.19 bits per heavy atom. The lowest BCUT2D eigenvalue weighted by atomic mass is 9.50. The number of anilines is 5. The molecule has 0 aromatic carbocycles. The maximum absolute atomic E-state index is 13.6. The Balaban J connectivity index is 0.000000112. The van der Waals surface area contributed by atoms with Gasteiger partial charge in [0.15, 0.2) is 28.2 Å². The molecule has 798 valence electrons. The molecule has 0 atom stereocenters. The number of hydrogen-bond donors (Lipinski definition) is 5. The third-order valence-electron chi connectivity index (χ3n) is 32.3. The Kier molecular flexibility index (Phi) is 29.4. The van der Waals surface area contributed by atoms with E-state index >= 15 is 0 Å². The molecule has 11 heterocycles. The number of nitrogens with zero attached hydrogens (tertiary/aromatic N) is 16. The summed E-state index contributed by atoms with van der Waals surface area (Å²) in [6, 6.07) is 12.6. The Hall–Kier alpha value is -10.6. The molecule has 0 saturated heterocycles. The summed E-state index contributed by atoms with van der Waals surface area (Å²) in [7, 11) is -17.1. The molecule has 25 rings (SSSR count). The molecular weight excluding hydrogens is 2010 g/mol. The van der Waals surface area contributed by atoms with Gasteiger partial charge in [0.1, 0.15) is 35.4 Å². The van der Waals surface area contributed by atoms with E-state index in [4.69, 9.17) is 28.4 Å². The minimum absolute atomic E-state index is 0.0357. The molecule has 11 aromatic heterocycles. The maximum atomic E-state index is 13.6. The molecule has 14 aliphatic carbocycles. The van der Waals surface area contributed by atoms with Crippen LogP contribution in [0.3, 0.4) is 0 Å². The highest BCUT2D eigenvalue weighted by Crippen LogP contribution is 2.61. The van der Waals surface area contributed by atoms with Crippen LogP contribution in [-0.2, 0) is 50.1 Å². The summed E-state index contributed by atoms with van der Waals surface area (Å²) in [5, 5.41) is 39.7. The normalized spacial score (nSPS) is 24.0.